The highest BCUT2D eigenvalue weighted by Crippen LogP contribution is 2.13. The zero-order chi connectivity index (χ0) is 18.9. The highest BCUT2D eigenvalue weighted by atomic mass is 16.1. The molecule has 0 aromatic heterocycles. The van der Waals surface area contributed by atoms with E-state index in [1.165, 1.54) is 0 Å². The lowest BCUT2D eigenvalue weighted by atomic mass is 9.93. The molecule has 0 aliphatic heterocycles. The van der Waals surface area contributed by atoms with Crippen LogP contribution in [-0.4, -0.2) is 64.6 Å². The second-order valence-corrected chi connectivity index (χ2v) is 7.28. The quantitative estimate of drug-likeness (QED) is 0.490. The van der Waals surface area contributed by atoms with E-state index in [4.69, 9.17) is 0 Å². The zero-order valence-electron chi connectivity index (χ0n) is 16.4. The normalized spacial score (nSPS) is 12.2. The molecule has 1 rings (SSSR count). The van der Waals surface area contributed by atoms with Gasteiger partial charge in [-0.05, 0) is 43.6 Å². The second kappa shape index (κ2) is 10.0. The van der Waals surface area contributed by atoms with Crippen molar-refractivity contribution in [1.82, 2.24) is 20.9 Å². The molecule has 0 bridgehead atoms. The van der Waals surface area contributed by atoms with Crippen LogP contribution in [0.2, 0.25) is 0 Å². The van der Waals surface area contributed by atoms with Crippen molar-refractivity contribution in [1.29, 1.82) is 0 Å². The molecule has 1 aromatic rings. The van der Waals surface area contributed by atoms with Gasteiger partial charge in [0.25, 0.3) is 5.91 Å². The van der Waals surface area contributed by atoms with Gasteiger partial charge in [0.15, 0.2) is 5.96 Å². The number of guanidine groups is 1. The Morgan fingerprint density at radius 1 is 1.24 bits per heavy atom. The number of nitrogens with zero attached hydrogens (tertiary/aromatic N) is 2. The summed E-state index contributed by atoms with van der Waals surface area (Å²) in [5.41, 5.74) is 1.97. The SMILES string of the molecule is CN=C(NCCc1cccc(C(=O)NC)c1)NCC(C)(C)CN(C)C. The number of hydrogen-bond acceptors (Lipinski definition) is 3. The van der Waals surface area contributed by atoms with Crippen molar-refractivity contribution in [3.8, 4) is 0 Å². The highest BCUT2D eigenvalue weighted by Gasteiger charge is 2.19. The first-order chi connectivity index (χ1) is 11.8. The van der Waals surface area contributed by atoms with Crippen LogP contribution in [0.4, 0.5) is 0 Å². The molecule has 1 aromatic carbocycles. The fraction of sp³-hybridized carbons (Fsp3) is 0.579. The molecule has 0 saturated carbocycles. The van der Waals surface area contributed by atoms with E-state index in [1.807, 2.05) is 24.3 Å². The number of benzene rings is 1. The summed E-state index contributed by atoms with van der Waals surface area (Å²) in [5, 5.41) is 9.37. The lowest BCUT2D eigenvalue weighted by molar-refractivity contribution is 0.0963. The van der Waals surface area contributed by atoms with Crippen molar-refractivity contribution in [3.63, 3.8) is 0 Å². The summed E-state index contributed by atoms with van der Waals surface area (Å²) >= 11 is 0. The third kappa shape index (κ3) is 8.03. The number of carbonyl (C=O) groups is 1. The highest BCUT2D eigenvalue weighted by molar-refractivity contribution is 5.94. The Kier molecular flexibility index (Phi) is 8.41. The minimum atomic E-state index is -0.0598. The lowest BCUT2D eigenvalue weighted by Crippen LogP contribution is -2.45. The van der Waals surface area contributed by atoms with Crippen molar-refractivity contribution in [2.75, 3.05) is 47.8 Å². The third-order valence-corrected chi connectivity index (χ3v) is 3.82. The van der Waals surface area contributed by atoms with Gasteiger partial charge in [-0.25, -0.2) is 0 Å². The van der Waals surface area contributed by atoms with E-state index in [0.717, 1.165) is 37.6 Å². The summed E-state index contributed by atoms with van der Waals surface area (Å²) < 4.78 is 0. The summed E-state index contributed by atoms with van der Waals surface area (Å²) in [6, 6.07) is 7.70. The second-order valence-electron chi connectivity index (χ2n) is 7.28. The molecule has 140 valence electrons. The van der Waals surface area contributed by atoms with Crippen molar-refractivity contribution in [3.05, 3.63) is 35.4 Å². The maximum atomic E-state index is 11.7. The first-order valence-electron chi connectivity index (χ1n) is 8.67. The molecule has 0 aliphatic carbocycles. The van der Waals surface area contributed by atoms with Gasteiger partial charge in [0.1, 0.15) is 0 Å². The standard InChI is InChI=1S/C19H33N5O/c1-19(2,14-24(5)6)13-23-18(21-4)22-11-10-15-8-7-9-16(12-15)17(25)20-3/h7-9,12H,10-11,13-14H2,1-6H3,(H,20,25)(H2,21,22,23). The van der Waals surface area contributed by atoms with Crippen LogP contribution in [0, 0.1) is 5.41 Å². The van der Waals surface area contributed by atoms with E-state index < -0.39 is 0 Å². The van der Waals surface area contributed by atoms with Gasteiger partial charge in [-0.2, -0.15) is 0 Å². The fourth-order valence-electron chi connectivity index (χ4n) is 2.79. The Bertz CT molecular complexity index is 581. The minimum Gasteiger partial charge on any atom is -0.356 e. The van der Waals surface area contributed by atoms with E-state index >= 15 is 0 Å². The summed E-state index contributed by atoms with van der Waals surface area (Å²) in [6.07, 6.45) is 0.826. The average molecular weight is 348 g/mol. The van der Waals surface area contributed by atoms with Gasteiger partial charge in [-0.3, -0.25) is 9.79 Å². The largest absolute Gasteiger partial charge is 0.356 e. The maximum absolute atomic E-state index is 11.7. The molecule has 0 heterocycles. The molecule has 0 spiro atoms. The van der Waals surface area contributed by atoms with Gasteiger partial charge in [-0.1, -0.05) is 26.0 Å². The Hall–Kier alpha value is -2.08. The van der Waals surface area contributed by atoms with Crippen LogP contribution in [0.3, 0.4) is 0 Å². The monoisotopic (exact) mass is 347 g/mol. The predicted octanol–water partition coefficient (Wildman–Crippen LogP) is 1.34. The predicted molar refractivity (Wildman–Crippen MR) is 105 cm³/mol. The zero-order valence-corrected chi connectivity index (χ0v) is 16.4. The van der Waals surface area contributed by atoms with Gasteiger partial charge < -0.3 is 20.9 Å². The summed E-state index contributed by atoms with van der Waals surface area (Å²) in [6.45, 7) is 7.07. The van der Waals surface area contributed by atoms with Crippen molar-refractivity contribution in [2.45, 2.75) is 20.3 Å². The van der Waals surface area contributed by atoms with Gasteiger partial charge in [0.2, 0.25) is 0 Å². The number of aliphatic imine (C=N–C) groups is 1. The molecule has 0 unspecified atom stereocenters. The van der Waals surface area contributed by atoms with Crippen LogP contribution in [0.1, 0.15) is 29.8 Å². The van der Waals surface area contributed by atoms with Crippen LogP contribution in [0.15, 0.2) is 29.3 Å². The molecule has 25 heavy (non-hydrogen) atoms. The van der Waals surface area contributed by atoms with Crippen molar-refractivity contribution in [2.24, 2.45) is 10.4 Å². The first kappa shape index (κ1) is 21.0. The topological polar surface area (TPSA) is 68.8 Å². The van der Waals surface area contributed by atoms with E-state index in [9.17, 15) is 4.79 Å². The average Bonchev–Trinajstić information content (AvgIpc) is 2.56. The van der Waals surface area contributed by atoms with Gasteiger partial charge in [-0.15, -0.1) is 0 Å². The molecule has 0 atom stereocenters. The Balaban J connectivity index is 2.47. The van der Waals surface area contributed by atoms with Crippen molar-refractivity contribution >= 4 is 11.9 Å². The third-order valence-electron chi connectivity index (χ3n) is 3.82. The molecule has 0 fully saturated rings. The van der Waals surface area contributed by atoms with Crippen LogP contribution in [0.5, 0.6) is 0 Å². The molecular formula is C19H33N5O. The van der Waals surface area contributed by atoms with Gasteiger partial charge in [0, 0.05) is 39.3 Å². The summed E-state index contributed by atoms with van der Waals surface area (Å²) in [7, 11) is 7.59. The first-order valence-corrected chi connectivity index (χ1v) is 8.67. The molecule has 0 aliphatic rings. The van der Waals surface area contributed by atoms with Crippen LogP contribution < -0.4 is 16.0 Å². The van der Waals surface area contributed by atoms with Crippen molar-refractivity contribution < 1.29 is 4.79 Å². The van der Waals surface area contributed by atoms with Gasteiger partial charge >= 0.3 is 0 Å². The molecule has 6 heteroatoms. The summed E-state index contributed by atoms with van der Waals surface area (Å²) in [4.78, 5) is 18.2. The van der Waals surface area contributed by atoms with Crippen LogP contribution in [0.25, 0.3) is 0 Å². The smallest absolute Gasteiger partial charge is 0.251 e. The molecule has 0 saturated heterocycles. The van der Waals surface area contributed by atoms with Crippen LogP contribution in [-0.2, 0) is 6.42 Å². The van der Waals surface area contributed by atoms with E-state index in [1.54, 1.807) is 14.1 Å². The van der Waals surface area contributed by atoms with E-state index in [2.05, 4.69) is 53.8 Å². The number of carbonyl (C=O) groups excluding carboxylic acids is 1. The number of nitrogens with one attached hydrogen (secondary N) is 3. The number of hydrogen-bond donors (Lipinski definition) is 3. The maximum Gasteiger partial charge on any atom is 0.251 e. The van der Waals surface area contributed by atoms with E-state index in [-0.39, 0.29) is 11.3 Å². The molecule has 0 radical (unpaired) electrons. The van der Waals surface area contributed by atoms with Gasteiger partial charge in [0.05, 0.1) is 0 Å². The number of rotatable bonds is 8. The Labute approximate surface area is 152 Å². The molecule has 6 nitrogen and oxygen atoms in total. The fourth-order valence-corrected chi connectivity index (χ4v) is 2.79. The minimum absolute atomic E-state index is 0.0598. The number of amides is 1. The Morgan fingerprint density at radius 3 is 2.56 bits per heavy atom. The van der Waals surface area contributed by atoms with Crippen LogP contribution >= 0.6 is 0 Å². The summed E-state index contributed by atoms with van der Waals surface area (Å²) in [5.74, 6) is 0.740. The lowest BCUT2D eigenvalue weighted by Gasteiger charge is -2.29. The molecule has 1 amide bonds. The molecular weight excluding hydrogens is 314 g/mol. The van der Waals surface area contributed by atoms with E-state index in [0.29, 0.717) is 5.56 Å². The molecule has 3 N–H and O–H groups in total. The Morgan fingerprint density at radius 2 is 1.96 bits per heavy atom.